The minimum absolute atomic E-state index is 0.0450. The Labute approximate surface area is 133 Å². The highest BCUT2D eigenvalue weighted by atomic mass is 16.5. The Bertz CT molecular complexity index is 502. The Morgan fingerprint density at radius 2 is 2.23 bits per heavy atom. The van der Waals surface area contributed by atoms with Gasteiger partial charge in [-0.1, -0.05) is 19.8 Å². The number of carbonyl (C=O) groups excluding carboxylic acids is 1. The van der Waals surface area contributed by atoms with Crippen LogP contribution in [0.1, 0.15) is 51.0 Å². The molecule has 0 aliphatic heterocycles. The molecule has 0 aromatic heterocycles. The van der Waals surface area contributed by atoms with Gasteiger partial charge in [0.2, 0.25) is 5.91 Å². The number of hydrogen-bond acceptors (Lipinski definition) is 3. The van der Waals surface area contributed by atoms with E-state index in [4.69, 9.17) is 10.5 Å². The molecule has 2 unspecified atom stereocenters. The molecule has 3 N–H and O–H groups in total. The van der Waals surface area contributed by atoms with E-state index in [0.29, 0.717) is 0 Å². The second-order valence-electron chi connectivity index (χ2n) is 6.29. The molecule has 0 spiro atoms. The van der Waals surface area contributed by atoms with Crippen LogP contribution in [0.25, 0.3) is 0 Å². The molecule has 122 valence electrons. The number of ether oxygens (including phenoxy) is 1. The van der Waals surface area contributed by atoms with Crippen molar-refractivity contribution in [1.29, 1.82) is 0 Å². The number of amides is 1. The van der Waals surface area contributed by atoms with E-state index >= 15 is 0 Å². The van der Waals surface area contributed by atoms with Crippen molar-refractivity contribution >= 4 is 11.6 Å². The maximum absolute atomic E-state index is 12.4. The van der Waals surface area contributed by atoms with Crippen molar-refractivity contribution in [3.8, 4) is 5.75 Å². The molecule has 2 atom stereocenters. The summed E-state index contributed by atoms with van der Waals surface area (Å²) in [5, 5.41) is 3.04. The summed E-state index contributed by atoms with van der Waals surface area (Å²) >= 11 is 0. The largest absolute Gasteiger partial charge is 0.494 e. The summed E-state index contributed by atoms with van der Waals surface area (Å²) in [6.45, 7) is 4.88. The molecule has 0 saturated heterocycles. The number of rotatable bonds is 6. The number of aryl methyl sites for hydroxylation is 1. The van der Waals surface area contributed by atoms with Crippen molar-refractivity contribution in [2.45, 2.75) is 58.4 Å². The zero-order chi connectivity index (χ0) is 15.9. The summed E-state index contributed by atoms with van der Waals surface area (Å²) in [6.07, 6.45) is 5.99. The number of carbonyl (C=O) groups is 1. The number of unbranched alkanes of at least 4 members (excludes halogenated alkanes) is 1. The highest BCUT2D eigenvalue weighted by Gasteiger charge is 2.25. The van der Waals surface area contributed by atoms with Crippen LogP contribution in [0.4, 0.5) is 5.69 Å². The van der Waals surface area contributed by atoms with Crippen molar-refractivity contribution in [1.82, 2.24) is 0 Å². The fourth-order valence-electron chi connectivity index (χ4n) is 2.90. The van der Waals surface area contributed by atoms with Crippen molar-refractivity contribution in [2.24, 2.45) is 11.7 Å². The van der Waals surface area contributed by atoms with Gasteiger partial charge < -0.3 is 15.8 Å². The van der Waals surface area contributed by atoms with Crippen molar-refractivity contribution < 1.29 is 9.53 Å². The molecule has 1 aromatic rings. The van der Waals surface area contributed by atoms with E-state index in [2.05, 4.69) is 12.2 Å². The summed E-state index contributed by atoms with van der Waals surface area (Å²) in [5.41, 5.74) is 7.87. The molecular weight excluding hydrogens is 276 g/mol. The normalized spacial score (nSPS) is 21.4. The Hall–Kier alpha value is -1.55. The van der Waals surface area contributed by atoms with Crippen LogP contribution in [0.2, 0.25) is 0 Å². The highest BCUT2D eigenvalue weighted by Crippen LogP contribution is 2.26. The van der Waals surface area contributed by atoms with Crippen LogP contribution in [0, 0.1) is 12.8 Å². The molecule has 1 saturated carbocycles. The Morgan fingerprint density at radius 3 is 2.91 bits per heavy atom. The SMILES string of the molecule is CCCCOc1ccc(NC(=O)C2CCCC(N)C2)c(C)c1. The minimum atomic E-state index is 0.0450. The van der Waals surface area contributed by atoms with E-state index in [0.717, 1.165) is 62.1 Å². The van der Waals surface area contributed by atoms with Crippen LogP contribution in [0.5, 0.6) is 5.75 Å². The molecule has 1 aliphatic rings. The predicted molar refractivity (Wildman–Crippen MR) is 90.1 cm³/mol. The molecule has 4 nitrogen and oxygen atoms in total. The van der Waals surface area contributed by atoms with Crippen molar-refractivity contribution in [3.05, 3.63) is 23.8 Å². The van der Waals surface area contributed by atoms with E-state index < -0.39 is 0 Å². The first-order chi connectivity index (χ1) is 10.6. The second-order valence-corrected chi connectivity index (χ2v) is 6.29. The highest BCUT2D eigenvalue weighted by molar-refractivity contribution is 5.93. The summed E-state index contributed by atoms with van der Waals surface area (Å²) in [7, 11) is 0. The van der Waals surface area contributed by atoms with E-state index in [9.17, 15) is 4.79 Å². The fourth-order valence-corrected chi connectivity index (χ4v) is 2.90. The molecule has 0 radical (unpaired) electrons. The summed E-state index contributed by atoms with van der Waals surface area (Å²) < 4.78 is 5.69. The van der Waals surface area contributed by atoms with Crippen LogP contribution in [-0.4, -0.2) is 18.6 Å². The summed E-state index contributed by atoms with van der Waals surface area (Å²) in [6, 6.07) is 6.00. The molecule has 0 bridgehead atoms. The molecule has 1 amide bonds. The van der Waals surface area contributed by atoms with Crippen LogP contribution >= 0.6 is 0 Å². The molecule has 0 heterocycles. The molecule has 1 aliphatic carbocycles. The fraction of sp³-hybridized carbons (Fsp3) is 0.611. The van der Waals surface area contributed by atoms with E-state index in [-0.39, 0.29) is 17.9 Å². The van der Waals surface area contributed by atoms with Gasteiger partial charge in [-0.15, -0.1) is 0 Å². The van der Waals surface area contributed by atoms with Gasteiger partial charge in [0.1, 0.15) is 5.75 Å². The van der Waals surface area contributed by atoms with Gasteiger partial charge in [0.05, 0.1) is 6.61 Å². The van der Waals surface area contributed by atoms with Crippen LogP contribution in [0.15, 0.2) is 18.2 Å². The number of benzene rings is 1. The predicted octanol–water partition coefficient (Wildman–Crippen LogP) is 3.63. The molecule has 22 heavy (non-hydrogen) atoms. The van der Waals surface area contributed by atoms with Gasteiger partial charge in [0.25, 0.3) is 0 Å². The third-order valence-corrected chi connectivity index (χ3v) is 4.31. The minimum Gasteiger partial charge on any atom is -0.494 e. The van der Waals surface area contributed by atoms with Crippen LogP contribution in [-0.2, 0) is 4.79 Å². The lowest BCUT2D eigenvalue weighted by Gasteiger charge is -2.26. The standard InChI is InChI=1S/C18H28N2O2/c1-3-4-10-22-16-8-9-17(13(2)11-16)20-18(21)14-6-5-7-15(19)12-14/h8-9,11,14-15H,3-7,10,12,19H2,1-2H3,(H,20,21). The first-order valence-electron chi connectivity index (χ1n) is 8.40. The van der Waals surface area contributed by atoms with Gasteiger partial charge in [-0.25, -0.2) is 0 Å². The summed E-state index contributed by atoms with van der Waals surface area (Å²) in [5.74, 6) is 1.00. The van der Waals surface area contributed by atoms with Gasteiger partial charge >= 0.3 is 0 Å². The lowest BCUT2D eigenvalue weighted by Crippen LogP contribution is -2.34. The first-order valence-corrected chi connectivity index (χ1v) is 8.40. The van der Waals surface area contributed by atoms with Gasteiger partial charge in [0, 0.05) is 17.6 Å². The van der Waals surface area contributed by atoms with Gasteiger partial charge in [-0.2, -0.15) is 0 Å². The van der Waals surface area contributed by atoms with Gasteiger partial charge in [-0.3, -0.25) is 4.79 Å². The lowest BCUT2D eigenvalue weighted by atomic mass is 9.85. The smallest absolute Gasteiger partial charge is 0.227 e. The van der Waals surface area contributed by atoms with Crippen LogP contribution in [0.3, 0.4) is 0 Å². The van der Waals surface area contributed by atoms with Crippen molar-refractivity contribution in [2.75, 3.05) is 11.9 Å². The Balaban J connectivity index is 1.93. The molecule has 2 rings (SSSR count). The molecule has 1 aromatic carbocycles. The Kier molecular flexibility index (Phi) is 6.25. The zero-order valence-corrected chi connectivity index (χ0v) is 13.7. The van der Waals surface area contributed by atoms with E-state index in [1.807, 2.05) is 25.1 Å². The van der Waals surface area contributed by atoms with E-state index in [1.165, 1.54) is 0 Å². The average molecular weight is 304 g/mol. The Morgan fingerprint density at radius 1 is 1.41 bits per heavy atom. The number of anilines is 1. The maximum atomic E-state index is 12.4. The number of hydrogen-bond donors (Lipinski definition) is 2. The van der Waals surface area contributed by atoms with Crippen LogP contribution < -0.4 is 15.8 Å². The third kappa shape index (κ3) is 4.73. The zero-order valence-electron chi connectivity index (χ0n) is 13.7. The summed E-state index contributed by atoms with van der Waals surface area (Å²) in [4.78, 5) is 12.4. The molecule has 4 heteroatoms. The average Bonchev–Trinajstić information content (AvgIpc) is 2.50. The number of nitrogens with two attached hydrogens (primary N) is 1. The quantitative estimate of drug-likeness (QED) is 0.789. The van der Waals surface area contributed by atoms with Gasteiger partial charge in [-0.05, 0) is 56.4 Å². The molecule has 1 fully saturated rings. The third-order valence-electron chi connectivity index (χ3n) is 4.31. The topological polar surface area (TPSA) is 64.3 Å². The van der Waals surface area contributed by atoms with E-state index in [1.54, 1.807) is 0 Å². The number of nitrogens with one attached hydrogen (secondary N) is 1. The van der Waals surface area contributed by atoms with Gasteiger partial charge in [0.15, 0.2) is 0 Å². The monoisotopic (exact) mass is 304 g/mol. The molecular formula is C18H28N2O2. The lowest BCUT2D eigenvalue weighted by molar-refractivity contribution is -0.120. The maximum Gasteiger partial charge on any atom is 0.227 e. The first kappa shape index (κ1) is 16.8. The second kappa shape index (κ2) is 8.18. The van der Waals surface area contributed by atoms with Crippen molar-refractivity contribution in [3.63, 3.8) is 0 Å².